The number of halogens is 1. The van der Waals surface area contributed by atoms with Crippen molar-refractivity contribution in [3.05, 3.63) is 89.7 Å². The normalized spacial score (nSPS) is 11.7. The van der Waals surface area contributed by atoms with Gasteiger partial charge >= 0.3 is 0 Å². The van der Waals surface area contributed by atoms with E-state index in [0.29, 0.717) is 52.4 Å². The van der Waals surface area contributed by atoms with Crippen molar-refractivity contribution in [2.24, 2.45) is 0 Å². The van der Waals surface area contributed by atoms with Gasteiger partial charge in [-0.2, -0.15) is 9.97 Å². The van der Waals surface area contributed by atoms with Gasteiger partial charge in [0.25, 0.3) is 0 Å². The molecule has 0 saturated heterocycles. The van der Waals surface area contributed by atoms with Gasteiger partial charge in [0, 0.05) is 12.1 Å². The third-order valence-electron chi connectivity index (χ3n) is 5.98. The molecular formula is C28H26FN7O2. The number of fused-ring (bicyclic) bond motifs is 1. The smallest absolute Gasteiger partial charge is 0.227 e. The first kappa shape index (κ1) is 24.8. The average Bonchev–Trinajstić information content (AvgIpc) is 2.96. The Bertz CT molecular complexity index is 1550. The standard InChI is InChI=1S/C28H26FN7O2/c1-17(19-7-5-4-6-8-19)31-26-24-27(34-28(33-26)30-16-18-9-12-21(29)13-10-18)36-35-25(32-24)20-11-14-22(37-2)23(15-20)38-3/h4-15,17H,16H2,1-3H3,(H2,30,31,33,34,36)/t17-/m0/s1. The molecule has 0 aliphatic carbocycles. The summed E-state index contributed by atoms with van der Waals surface area (Å²) in [5.41, 5.74) is 3.48. The van der Waals surface area contributed by atoms with Crippen molar-refractivity contribution in [2.75, 3.05) is 24.9 Å². The quantitative estimate of drug-likeness (QED) is 0.268. The minimum Gasteiger partial charge on any atom is -0.493 e. The first-order valence-electron chi connectivity index (χ1n) is 12.0. The van der Waals surface area contributed by atoms with Gasteiger partial charge in [-0.25, -0.2) is 9.37 Å². The topological polar surface area (TPSA) is 107 Å². The van der Waals surface area contributed by atoms with Crippen LogP contribution < -0.4 is 20.1 Å². The van der Waals surface area contributed by atoms with Gasteiger partial charge in [-0.3, -0.25) is 0 Å². The summed E-state index contributed by atoms with van der Waals surface area (Å²) in [6.07, 6.45) is 0. The molecule has 3 aromatic carbocycles. The maximum absolute atomic E-state index is 13.3. The molecule has 0 bridgehead atoms. The molecule has 1 atom stereocenters. The van der Waals surface area contributed by atoms with Crippen LogP contribution in [0.1, 0.15) is 24.1 Å². The summed E-state index contributed by atoms with van der Waals surface area (Å²) in [6.45, 7) is 2.45. The summed E-state index contributed by atoms with van der Waals surface area (Å²) in [4.78, 5) is 14.0. The second kappa shape index (κ2) is 11.0. The maximum atomic E-state index is 13.3. The number of nitrogens with one attached hydrogen (secondary N) is 2. The van der Waals surface area contributed by atoms with Crippen molar-refractivity contribution < 1.29 is 13.9 Å². The molecular weight excluding hydrogens is 485 g/mol. The van der Waals surface area contributed by atoms with Gasteiger partial charge in [0.05, 0.1) is 20.3 Å². The minimum atomic E-state index is -0.288. The van der Waals surface area contributed by atoms with Gasteiger partial charge in [0.1, 0.15) is 5.82 Å². The molecule has 9 nitrogen and oxygen atoms in total. The molecule has 10 heteroatoms. The number of methoxy groups -OCH3 is 2. The van der Waals surface area contributed by atoms with Crippen LogP contribution in [0.25, 0.3) is 22.6 Å². The maximum Gasteiger partial charge on any atom is 0.227 e. The fourth-order valence-electron chi connectivity index (χ4n) is 3.93. The Morgan fingerprint density at radius 3 is 2.34 bits per heavy atom. The highest BCUT2D eigenvalue weighted by Gasteiger charge is 2.17. The number of aromatic nitrogens is 5. The predicted octanol–water partition coefficient (Wildman–Crippen LogP) is 5.42. The molecule has 5 aromatic rings. The lowest BCUT2D eigenvalue weighted by atomic mass is 10.1. The van der Waals surface area contributed by atoms with Gasteiger partial charge in [-0.15, -0.1) is 10.2 Å². The second-order valence-electron chi connectivity index (χ2n) is 8.53. The van der Waals surface area contributed by atoms with Crippen molar-refractivity contribution in [3.63, 3.8) is 0 Å². The van der Waals surface area contributed by atoms with Crippen molar-refractivity contribution in [1.29, 1.82) is 0 Å². The van der Waals surface area contributed by atoms with Crippen molar-refractivity contribution in [1.82, 2.24) is 25.1 Å². The Kier molecular flexibility index (Phi) is 7.21. The molecule has 2 heterocycles. The van der Waals surface area contributed by atoms with Crippen LogP contribution in [0.4, 0.5) is 16.2 Å². The Labute approximate surface area is 219 Å². The van der Waals surface area contributed by atoms with Crippen molar-refractivity contribution >= 4 is 22.9 Å². The van der Waals surface area contributed by atoms with E-state index in [2.05, 4.69) is 25.8 Å². The Morgan fingerprint density at radius 2 is 1.61 bits per heavy atom. The number of hydrogen-bond donors (Lipinski definition) is 2. The summed E-state index contributed by atoms with van der Waals surface area (Å²) in [7, 11) is 3.15. The highest BCUT2D eigenvalue weighted by atomic mass is 19.1. The Hall–Kier alpha value is -4.86. The zero-order valence-corrected chi connectivity index (χ0v) is 21.1. The van der Waals surface area contributed by atoms with Gasteiger partial charge < -0.3 is 20.1 Å². The minimum absolute atomic E-state index is 0.0706. The first-order valence-corrected chi connectivity index (χ1v) is 12.0. The van der Waals surface area contributed by atoms with E-state index in [9.17, 15) is 4.39 Å². The molecule has 0 radical (unpaired) electrons. The van der Waals surface area contributed by atoms with Gasteiger partial charge in [-0.05, 0) is 48.4 Å². The van der Waals surface area contributed by atoms with Crippen LogP contribution in [0.5, 0.6) is 11.5 Å². The largest absolute Gasteiger partial charge is 0.493 e. The molecule has 0 aliphatic rings. The molecule has 38 heavy (non-hydrogen) atoms. The summed E-state index contributed by atoms with van der Waals surface area (Å²) in [5.74, 6) is 2.11. The molecule has 5 rings (SSSR count). The van der Waals surface area contributed by atoms with Crippen LogP contribution >= 0.6 is 0 Å². The van der Waals surface area contributed by atoms with Crippen LogP contribution in [-0.2, 0) is 6.54 Å². The van der Waals surface area contributed by atoms with E-state index in [0.717, 1.165) is 11.1 Å². The Balaban J connectivity index is 1.53. The summed E-state index contributed by atoms with van der Waals surface area (Å²) < 4.78 is 24.1. The zero-order valence-electron chi connectivity index (χ0n) is 21.1. The Morgan fingerprint density at radius 1 is 0.842 bits per heavy atom. The monoisotopic (exact) mass is 511 g/mol. The van der Waals surface area contributed by atoms with Gasteiger partial charge in [0.15, 0.2) is 28.7 Å². The van der Waals surface area contributed by atoms with E-state index >= 15 is 0 Å². The number of ether oxygens (including phenoxy) is 2. The lowest BCUT2D eigenvalue weighted by molar-refractivity contribution is 0.355. The van der Waals surface area contributed by atoms with Crippen LogP contribution in [0.2, 0.25) is 0 Å². The lowest BCUT2D eigenvalue weighted by Crippen LogP contribution is -2.12. The number of anilines is 2. The summed E-state index contributed by atoms with van der Waals surface area (Å²) in [5, 5.41) is 15.3. The van der Waals surface area contributed by atoms with Crippen LogP contribution in [0.3, 0.4) is 0 Å². The third kappa shape index (κ3) is 5.44. The van der Waals surface area contributed by atoms with E-state index in [1.54, 1.807) is 38.5 Å². The third-order valence-corrected chi connectivity index (χ3v) is 5.98. The molecule has 192 valence electrons. The van der Waals surface area contributed by atoms with Crippen LogP contribution in [0.15, 0.2) is 72.8 Å². The van der Waals surface area contributed by atoms with Gasteiger partial charge in [-0.1, -0.05) is 42.5 Å². The molecule has 2 N–H and O–H groups in total. The fourth-order valence-corrected chi connectivity index (χ4v) is 3.93. The zero-order chi connectivity index (χ0) is 26.5. The molecule has 0 saturated carbocycles. The molecule has 0 spiro atoms. The van der Waals surface area contributed by atoms with Crippen LogP contribution in [0, 0.1) is 5.82 Å². The van der Waals surface area contributed by atoms with E-state index in [1.807, 2.05) is 43.3 Å². The van der Waals surface area contributed by atoms with E-state index in [-0.39, 0.29) is 11.9 Å². The molecule has 2 aromatic heterocycles. The number of nitrogens with zero attached hydrogens (tertiary/aromatic N) is 5. The van der Waals surface area contributed by atoms with E-state index in [1.165, 1.54) is 12.1 Å². The first-order chi connectivity index (χ1) is 18.5. The number of benzene rings is 3. The van der Waals surface area contributed by atoms with Crippen molar-refractivity contribution in [3.8, 4) is 22.9 Å². The SMILES string of the molecule is COc1ccc(-c2nnc3nc(NCc4ccc(F)cc4)nc(N[C@@H](C)c4ccccc4)c3n2)cc1OC. The lowest BCUT2D eigenvalue weighted by Gasteiger charge is -2.17. The highest BCUT2D eigenvalue weighted by molar-refractivity contribution is 5.84. The van der Waals surface area contributed by atoms with E-state index < -0.39 is 0 Å². The molecule has 0 fully saturated rings. The predicted molar refractivity (Wildman–Crippen MR) is 144 cm³/mol. The van der Waals surface area contributed by atoms with Crippen molar-refractivity contribution in [2.45, 2.75) is 19.5 Å². The number of hydrogen-bond acceptors (Lipinski definition) is 9. The number of rotatable bonds is 9. The molecule has 0 aliphatic heterocycles. The fraction of sp³-hybridized carbons (Fsp3) is 0.179. The summed E-state index contributed by atoms with van der Waals surface area (Å²) >= 11 is 0. The van der Waals surface area contributed by atoms with Crippen LogP contribution in [-0.4, -0.2) is 39.4 Å². The molecule has 0 amide bonds. The summed E-state index contributed by atoms with van der Waals surface area (Å²) in [6, 6.07) is 21.6. The van der Waals surface area contributed by atoms with E-state index in [4.69, 9.17) is 19.4 Å². The second-order valence-corrected chi connectivity index (χ2v) is 8.53. The molecule has 0 unspecified atom stereocenters. The highest BCUT2D eigenvalue weighted by Crippen LogP contribution is 2.32. The average molecular weight is 512 g/mol. The van der Waals surface area contributed by atoms with Gasteiger partial charge in [0.2, 0.25) is 11.6 Å².